The summed E-state index contributed by atoms with van der Waals surface area (Å²) in [4.78, 5) is -0.420. The van der Waals surface area contributed by atoms with E-state index in [1.807, 2.05) is 0 Å². The predicted molar refractivity (Wildman–Crippen MR) is 74.2 cm³/mol. The maximum absolute atomic E-state index is 13.5. The van der Waals surface area contributed by atoms with Crippen molar-refractivity contribution in [2.24, 2.45) is 5.92 Å². The number of benzene rings is 1. The lowest BCUT2D eigenvalue weighted by Crippen LogP contribution is -2.26. The van der Waals surface area contributed by atoms with Crippen molar-refractivity contribution >= 4 is 15.7 Å². The summed E-state index contributed by atoms with van der Waals surface area (Å²) in [7, 11) is -3.87. The lowest BCUT2D eigenvalue weighted by atomic mass is 10.3. The lowest BCUT2D eigenvalue weighted by molar-refractivity contribution is 0.123. The van der Waals surface area contributed by atoms with Crippen LogP contribution in [0.5, 0.6) is 0 Å². The number of hydrogen-bond acceptors (Lipinski definition) is 4. The standard InChI is InChI=1S/C13H19FN2O3S/c14-12-5-4-11(15)8-13(12)20(17,18)16-6-1-7-19-9-10-2-3-10/h4-5,8,10,16H,1-3,6-7,9,15H2. The largest absolute Gasteiger partial charge is 0.399 e. The van der Waals surface area contributed by atoms with E-state index in [2.05, 4.69) is 4.72 Å². The Balaban J connectivity index is 1.79. The van der Waals surface area contributed by atoms with Gasteiger partial charge in [-0.2, -0.15) is 0 Å². The summed E-state index contributed by atoms with van der Waals surface area (Å²) in [6.07, 6.45) is 3.00. The Hall–Kier alpha value is -1.18. The van der Waals surface area contributed by atoms with E-state index >= 15 is 0 Å². The van der Waals surface area contributed by atoms with Crippen molar-refractivity contribution in [1.82, 2.24) is 4.72 Å². The molecule has 0 aliphatic heterocycles. The number of nitrogen functional groups attached to an aromatic ring is 1. The van der Waals surface area contributed by atoms with Crippen molar-refractivity contribution in [2.75, 3.05) is 25.5 Å². The second kappa shape index (κ2) is 6.51. The Bertz CT molecular complexity index is 559. The molecule has 1 aromatic rings. The molecule has 0 aromatic heterocycles. The van der Waals surface area contributed by atoms with Gasteiger partial charge < -0.3 is 10.5 Å². The van der Waals surface area contributed by atoms with Gasteiger partial charge in [-0.3, -0.25) is 0 Å². The zero-order valence-electron chi connectivity index (χ0n) is 11.1. The van der Waals surface area contributed by atoms with Crippen LogP contribution in [0, 0.1) is 11.7 Å². The van der Waals surface area contributed by atoms with E-state index in [1.54, 1.807) is 0 Å². The van der Waals surface area contributed by atoms with Gasteiger partial charge in [-0.1, -0.05) is 0 Å². The third kappa shape index (κ3) is 4.43. The fourth-order valence-corrected chi connectivity index (χ4v) is 2.90. The summed E-state index contributed by atoms with van der Waals surface area (Å²) in [5, 5.41) is 0. The van der Waals surface area contributed by atoms with E-state index < -0.39 is 20.7 Å². The van der Waals surface area contributed by atoms with Crippen molar-refractivity contribution in [3.63, 3.8) is 0 Å². The van der Waals surface area contributed by atoms with Gasteiger partial charge in [0.05, 0.1) is 0 Å². The van der Waals surface area contributed by atoms with Crippen LogP contribution in [0.15, 0.2) is 23.1 Å². The fourth-order valence-electron chi connectivity index (χ4n) is 1.72. The number of sulfonamides is 1. The molecule has 0 unspecified atom stereocenters. The van der Waals surface area contributed by atoms with Gasteiger partial charge in [-0.05, 0) is 43.4 Å². The van der Waals surface area contributed by atoms with E-state index in [1.165, 1.54) is 18.9 Å². The van der Waals surface area contributed by atoms with E-state index in [0.29, 0.717) is 18.9 Å². The molecule has 112 valence electrons. The molecule has 1 aromatic carbocycles. The highest BCUT2D eigenvalue weighted by Gasteiger charge is 2.21. The number of anilines is 1. The van der Waals surface area contributed by atoms with Crippen LogP contribution in [0.1, 0.15) is 19.3 Å². The van der Waals surface area contributed by atoms with Crippen molar-refractivity contribution < 1.29 is 17.5 Å². The van der Waals surface area contributed by atoms with Crippen LogP contribution < -0.4 is 10.5 Å². The number of hydrogen-bond donors (Lipinski definition) is 2. The van der Waals surface area contributed by atoms with E-state index in [4.69, 9.17) is 10.5 Å². The summed E-state index contributed by atoms with van der Waals surface area (Å²) in [6, 6.07) is 3.48. The van der Waals surface area contributed by atoms with Crippen molar-refractivity contribution in [2.45, 2.75) is 24.2 Å². The fraction of sp³-hybridized carbons (Fsp3) is 0.538. The van der Waals surface area contributed by atoms with Gasteiger partial charge in [0.2, 0.25) is 10.0 Å². The normalized spacial score (nSPS) is 15.4. The minimum absolute atomic E-state index is 0.208. The predicted octanol–water partition coefficient (Wildman–Crippen LogP) is 1.50. The number of nitrogens with one attached hydrogen (secondary N) is 1. The van der Waals surface area contributed by atoms with Gasteiger partial charge in [-0.15, -0.1) is 0 Å². The molecule has 0 bridgehead atoms. The van der Waals surface area contributed by atoms with Gasteiger partial charge >= 0.3 is 0 Å². The maximum atomic E-state index is 13.5. The Labute approximate surface area is 118 Å². The van der Waals surface area contributed by atoms with Crippen molar-refractivity contribution in [3.05, 3.63) is 24.0 Å². The summed E-state index contributed by atoms with van der Waals surface area (Å²) < 4.78 is 45.0. The van der Waals surface area contributed by atoms with E-state index in [0.717, 1.165) is 18.7 Å². The van der Waals surface area contributed by atoms with Gasteiger partial charge in [0, 0.05) is 25.4 Å². The minimum Gasteiger partial charge on any atom is -0.399 e. The smallest absolute Gasteiger partial charge is 0.243 e. The Morgan fingerprint density at radius 2 is 2.15 bits per heavy atom. The summed E-state index contributed by atoms with van der Waals surface area (Å²) in [6.45, 7) is 1.45. The molecule has 20 heavy (non-hydrogen) atoms. The second-order valence-electron chi connectivity index (χ2n) is 4.96. The van der Waals surface area contributed by atoms with Crippen LogP contribution in [-0.4, -0.2) is 28.2 Å². The molecule has 0 spiro atoms. The van der Waals surface area contributed by atoms with Gasteiger partial charge in [-0.25, -0.2) is 17.5 Å². The van der Waals surface area contributed by atoms with E-state index in [-0.39, 0.29) is 12.2 Å². The molecule has 1 fully saturated rings. The first-order valence-corrected chi connectivity index (χ1v) is 8.10. The zero-order chi connectivity index (χ0) is 14.6. The summed E-state index contributed by atoms with van der Waals surface area (Å²) in [5.41, 5.74) is 5.68. The van der Waals surface area contributed by atoms with Crippen LogP contribution in [-0.2, 0) is 14.8 Å². The number of nitrogens with two attached hydrogens (primary N) is 1. The molecule has 0 amide bonds. The Morgan fingerprint density at radius 3 is 2.85 bits per heavy atom. The molecule has 3 N–H and O–H groups in total. The first-order valence-electron chi connectivity index (χ1n) is 6.61. The molecule has 0 saturated heterocycles. The van der Waals surface area contributed by atoms with Gasteiger partial charge in [0.25, 0.3) is 0 Å². The highest BCUT2D eigenvalue weighted by atomic mass is 32.2. The van der Waals surface area contributed by atoms with Gasteiger partial charge in [0.1, 0.15) is 10.7 Å². The number of halogens is 1. The zero-order valence-corrected chi connectivity index (χ0v) is 12.0. The molecular weight excluding hydrogens is 283 g/mol. The van der Waals surface area contributed by atoms with Crippen LogP contribution in [0.3, 0.4) is 0 Å². The molecule has 2 rings (SSSR count). The molecule has 1 aliphatic rings. The molecule has 7 heteroatoms. The third-order valence-corrected chi connectivity index (χ3v) is 4.53. The quantitative estimate of drug-likeness (QED) is 0.563. The van der Waals surface area contributed by atoms with Crippen LogP contribution >= 0.6 is 0 Å². The molecule has 0 atom stereocenters. The number of rotatable bonds is 8. The van der Waals surface area contributed by atoms with Crippen molar-refractivity contribution in [1.29, 1.82) is 0 Å². The number of ether oxygens (including phenoxy) is 1. The lowest BCUT2D eigenvalue weighted by Gasteiger charge is -2.08. The summed E-state index contributed by atoms with van der Waals surface area (Å²) in [5.74, 6) is -0.121. The molecule has 0 heterocycles. The SMILES string of the molecule is Nc1ccc(F)c(S(=O)(=O)NCCCOCC2CC2)c1. The average Bonchev–Trinajstić information content (AvgIpc) is 3.20. The molecule has 0 radical (unpaired) electrons. The highest BCUT2D eigenvalue weighted by molar-refractivity contribution is 7.89. The molecule has 1 aliphatic carbocycles. The summed E-state index contributed by atoms with van der Waals surface area (Å²) >= 11 is 0. The monoisotopic (exact) mass is 302 g/mol. The van der Waals surface area contributed by atoms with Crippen LogP contribution in [0.2, 0.25) is 0 Å². The first kappa shape index (κ1) is 15.2. The van der Waals surface area contributed by atoms with Crippen LogP contribution in [0.25, 0.3) is 0 Å². The molecule has 1 saturated carbocycles. The van der Waals surface area contributed by atoms with E-state index in [9.17, 15) is 12.8 Å². The average molecular weight is 302 g/mol. The molecule has 5 nitrogen and oxygen atoms in total. The Kier molecular flexibility index (Phi) is 4.95. The third-order valence-electron chi connectivity index (χ3n) is 3.05. The highest BCUT2D eigenvalue weighted by Crippen LogP contribution is 2.28. The Morgan fingerprint density at radius 1 is 1.40 bits per heavy atom. The van der Waals surface area contributed by atoms with Gasteiger partial charge in [0.15, 0.2) is 0 Å². The minimum atomic E-state index is -3.87. The topological polar surface area (TPSA) is 81.4 Å². The first-order chi connectivity index (χ1) is 9.49. The van der Waals surface area contributed by atoms with Crippen molar-refractivity contribution in [3.8, 4) is 0 Å². The maximum Gasteiger partial charge on any atom is 0.243 e. The molecular formula is C13H19FN2O3S. The van der Waals surface area contributed by atoms with Crippen LogP contribution in [0.4, 0.5) is 10.1 Å². The second-order valence-corrected chi connectivity index (χ2v) is 6.69.